The van der Waals surface area contributed by atoms with Crippen LogP contribution in [0.1, 0.15) is 36.7 Å². The number of aryl methyl sites for hydroxylation is 2. The lowest BCUT2D eigenvalue weighted by molar-refractivity contribution is 0.111. The maximum atomic E-state index is 11.7. The second kappa shape index (κ2) is 10.1. The molecule has 0 radical (unpaired) electrons. The number of methoxy groups -OCH3 is 1. The SMILES string of the molecule is CCNC(=NCc1ccccc1-n1nc(C)cc1C)NC1CCN(C(=O)OC)CC1. The number of carbonyl (C=O) groups excluding carboxylic acids is 1. The third-order valence-corrected chi connectivity index (χ3v) is 5.25. The van der Waals surface area contributed by atoms with Crippen molar-refractivity contribution in [2.75, 3.05) is 26.7 Å². The molecule has 1 aliphatic heterocycles. The molecule has 0 spiro atoms. The number of hydrogen-bond donors (Lipinski definition) is 2. The van der Waals surface area contributed by atoms with Gasteiger partial charge in [-0.15, -0.1) is 0 Å². The van der Waals surface area contributed by atoms with E-state index in [4.69, 9.17) is 9.73 Å². The number of nitrogens with one attached hydrogen (secondary N) is 2. The van der Waals surface area contributed by atoms with Crippen LogP contribution in [-0.4, -0.2) is 59.5 Å². The summed E-state index contributed by atoms with van der Waals surface area (Å²) in [6.07, 6.45) is 1.47. The summed E-state index contributed by atoms with van der Waals surface area (Å²) >= 11 is 0. The van der Waals surface area contributed by atoms with Gasteiger partial charge in [0.1, 0.15) is 0 Å². The van der Waals surface area contributed by atoms with Crippen molar-refractivity contribution in [2.24, 2.45) is 4.99 Å². The van der Waals surface area contributed by atoms with Gasteiger partial charge in [-0.3, -0.25) is 0 Å². The Kier molecular flexibility index (Phi) is 7.32. The van der Waals surface area contributed by atoms with E-state index in [2.05, 4.69) is 47.8 Å². The minimum Gasteiger partial charge on any atom is -0.453 e. The van der Waals surface area contributed by atoms with Crippen molar-refractivity contribution < 1.29 is 9.53 Å². The number of ether oxygens (including phenoxy) is 1. The Morgan fingerprint density at radius 2 is 2.00 bits per heavy atom. The summed E-state index contributed by atoms with van der Waals surface area (Å²) in [6, 6.07) is 10.6. The number of nitrogens with zero attached hydrogens (tertiary/aromatic N) is 4. The topological polar surface area (TPSA) is 83.8 Å². The number of amides is 1. The molecule has 0 aliphatic carbocycles. The van der Waals surface area contributed by atoms with E-state index in [1.54, 1.807) is 4.90 Å². The van der Waals surface area contributed by atoms with Crippen LogP contribution in [0.2, 0.25) is 0 Å². The van der Waals surface area contributed by atoms with Crippen LogP contribution in [0.4, 0.5) is 4.79 Å². The molecule has 0 saturated carbocycles. The number of aromatic nitrogens is 2. The Hall–Kier alpha value is -3.03. The molecule has 1 saturated heterocycles. The molecule has 8 nitrogen and oxygen atoms in total. The number of carbonyl (C=O) groups is 1. The minimum absolute atomic E-state index is 0.255. The van der Waals surface area contributed by atoms with Crippen LogP contribution >= 0.6 is 0 Å². The Balaban J connectivity index is 1.69. The van der Waals surface area contributed by atoms with Gasteiger partial charge in [0.25, 0.3) is 0 Å². The van der Waals surface area contributed by atoms with Crippen molar-refractivity contribution in [3.63, 3.8) is 0 Å². The van der Waals surface area contributed by atoms with E-state index in [-0.39, 0.29) is 12.1 Å². The molecule has 2 heterocycles. The smallest absolute Gasteiger partial charge is 0.409 e. The maximum absolute atomic E-state index is 11.7. The van der Waals surface area contributed by atoms with Crippen LogP contribution in [0.5, 0.6) is 0 Å². The number of piperidine rings is 1. The van der Waals surface area contributed by atoms with E-state index in [0.717, 1.165) is 48.0 Å². The average molecular weight is 413 g/mol. The third-order valence-electron chi connectivity index (χ3n) is 5.25. The fraction of sp³-hybridized carbons (Fsp3) is 0.500. The number of hydrogen-bond acceptors (Lipinski definition) is 4. The second-order valence-electron chi connectivity index (χ2n) is 7.54. The van der Waals surface area contributed by atoms with E-state index in [1.165, 1.54) is 7.11 Å². The van der Waals surface area contributed by atoms with Gasteiger partial charge in [-0.1, -0.05) is 18.2 Å². The van der Waals surface area contributed by atoms with E-state index < -0.39 is 0 Å². The summed E-state index contributed by atoms with van der Waals surface area (Å²) in [6.45, 7) is 8.82. The molecule has 0 unspecified atom stereocenters. The summed E-state index contributed by atoms with van der Waals surface area (Å²) in [5.74, 6) is 0.789. The first kappa shape index (κ1) is 21.7. The third kappa shape index (κ3) is 5.31. The van der Waals surface area contributed by atoms with Crippen molar-refractivity contribution >= 4 is 12.1 Å². The number of likely N-dealkylation sites (tertiary alicyclic amines) is 1. The fourth-order valence-corrected chi connectivity index (χ4v) is 3.74. The molecular formula is C22H32N6O2. The van der Waals surface area contributed by atoms with E-state index in [1.807, 2.05) is 23.7 Å². The van der Waals surface area contributed by atoms with E-state index >= 15 is 0 Å². The van der Waals surface area contributed by atoms with Gasteiger partial charge >= 0.3 is 6.09 Å². The number of aliphatic imine (C=N–C) groups is 1. The van der Waals surface area contributed by atoms with Crippen LogP contribution in [-0.2, 0) is 11.3 Å². The normalized spacial score (nSPS) is 15.2. The summed E-state index contributed by atoms with van der Waals surface area (Å²) < 4.78 is 6.79. The van der Waals surface area contributed by atoms with Gasteiger partial charge in [0, 0.05) is 31.4 Å². The number of para-hydroxylation sites is 1. The highest BCUT2D eigenvalue weighted by molar-refractivity contribution is 5.80. The lowest BCUT2D eigenvalue weighted by Gasteiger charge is -2.32. The molecule has 1 fully saturated rings. The Morgan fingerprint density at radius 1 is 1.27 bits per heavy atom. The highest BCUT2D eigenvalue weighted by Gasteiger charge is 2.23. The summed E-state index contributed by atoms with van der Waals surface area (Å²) in [5, 5.41) is 11.5. The van der Waals surface area contributed by atoms with Crippen LogP contribution in [0, 0.1) is 13.8 Å². The zero-order valence-corrected chi connectivity index (χ0v) is 18.3. The molecule has 30 heavy (non-hydrogen) atoms. The lowest BCUT2D eigenvalue weighted by atomic mass is 10.1. The predicted octanol–water partition coefficient (Wildman–Crippen LogP) is 2.78. The predicted molar refractivity (Wildman–Crippen MR) is 118 cm³/mol. The summed E-state index contributed by atoms with van der Waals surface area (Å²) in [4.78, 5) is 18.2. The highest BCUT2D eigenvalue weighted by Crippen LogP contribution is 2.18. The Bertz CT molecular complexity index is 884. The Morgan fingerprint density at radius 3 is 2.63 bits per heavy atom. The molecule has 1 aromatic carbocycles. The van der Waals surface area contributed by atoms with Gasteiger partial charge in [-0.05, 0) is 51.3 Å². The molecule has 1 aromatic heterocycles. The summed E-state index contributed by atoms with van der Waals surface area (Å²) in [7, 11) is 1.42. The molecule has 2 N–H and O–H groups in total. The molecule has 3 rings (SSSR count). The standard InChI is InChI=1S/C22H32N6O2/c1-5-23-21(25-19-10-12-27(13-11-19)22(29)30-4)24-15-18-8-6-7-9-20(18)28-17(3)14-16(2)26-28/h6-9,14,19H,5,10-13,15H2,1-4H3,(H2,23,24,25). The first-order chi connectivity index (χ1) is 14.5. The van der Waals surface area contributed by atoms with Crippen molar-refractivity contribution in [1.82, 2.24) is 25.3 Å². The quantitative estimate of drug-likeness (QED) is 0.583. The molecule has 1 aliphatic rings. The molecule has 0 bridgehead atoms. The van der Waals surface area contributed by atoms with Crippen LogP contribution in [0.25, 0.3) is 5.69 Å². The summed E-state index contributed by atoms with van der Waals surface area (Å²) in [5.41, 5.74) is 4.26. The van der Waals surface area contributed by atoms with Crippen molar-refractivity contribution in [3.8, 4) is 5.69 Å². The number of guanidine groups is 1. The van der Waals surface area contributed by atoms with Crippen LogP contribution < -0.4 is 10.6 Å². The number of rotatable bonds is 5. The Labute approximate surface area is 178 Å². The van der Waals surface area contributed by atoms with E-state index in [0.29, 0.717) is 19.6 Å². The van der Waals surface area contributed by atoms with Crippen LogP contribution in [0.3, 0.4) is 0 Å². The maximum Gasteiger partial charge on any atom is 0.409 e. The minimum atomic E-state index is -0.255. The van der Waals surface area contributed by atoms with Gasteiger partial charge in [-0.25, -0.2) is 14.5 Å². The molecule has 2 aromatic rings. The fourth-order valence-electron chi connectivity index (χ4n) is 3.74. The molecule has 0 atom stereocenters. The van der Waals surface area contributed by atoms with E-state index in [9.17, 15) is 4.79 Å². The van der Waals surface area contributed by atoms with Crippen molar-refractivity contribution in [1.29, 1.82) is 0 Å². The van der Waals surface area contributed by atoms with Gasteiger partial charge in [0.2, 0.25) is 0 Å². The first-order valence-corrected chi connectivity index (χ1v) is 10.5. The lowest BCUT2D eigenvalue weighted by Crippen LogP contribution is -2.49. The van der Waals surface area contributed by atoms with Crippen LogP contribution in [0.15, 0.2) is 35.3 Å². The molecule has 1 amide bonds. The molecular weight excluding hydrogens is 380 g/mol. The second-order valence-corrected chi connectivity index (χ2v) is 7.54. The molecule has 8 heteroatoms. The first-order valence-electron chi connectivity index (χ1n) is 10.5. The highest BCUT2D eigenvalue weighted by atomic mass is 16.5. The largest absolute Gasteiger partial charge is 0.453 e. The monoisotopic (exact) mass is 412 g/mol. The zero-order valence-electron chi connectivity index (χ0n) is 18.3. The van der Waals surface area contributed by atoms with Gasteiger partial charge in [-0.2, -0.15) is 5.10 Å². The van der Waals surface area contributed by atoms with Crippen molar-refractivity contribution in [2.45, 2.75) is 46.2 Å². The average Bonchev–Trinajstić information content (AvgIpc) is 3.10. The van der Waals surface area contributed by atoms with Gasteiger partial charge in [0.05, 0.1) is 25.0 Å². The number of benzene rings is 1. The van der Waals surface area contributed by atoms with Gasteiger partial charge in [0.15, 0.2) is 5.96 Å². The van der Waals surface area contributed by atoms with Gasteiger partial charge < -0.3 is 20.3 Å². The molecule has 162 valence electrons. The zero-order chi connectivity index (χ0) is 21.5. The van der Waals surface area contributed by atoms with Crippen molar-refractivity contribution in [3.05, 3.63) is 47.3 Å².